The molecule has 0 radical (unpaired) electrons. The van der Waals surface area contributed by atoms with Gasteiger partial charge in [-0.2, -0.15) is 0 Å². The van der Waals surface area contributed by atoms with Crippen molar-refractivity contribution in [1.82, 2.24) is 5.32 Å². The summed E-state index contributed by atoms with van der Waals surface area (Å²) in [4.78, 5) is 25.0. The third-order valence-electron chi connectivity index (χ3n) is 6.95. The van der Waals surface area contributed by atoms with Crippen molar-refractivity contribution < 1.29 is 28.5 Å². The van der Waals surface area contributed by atoms with Crippen molar-refractivity contribution in [1.29, 1.82) is 0 Å². The molecule has 0 aromatic heterocycles. The number of esters is 1. The molecular formula is C22H27NO6. The minimum Gasteiger partial charge on any atom is -0.493 e. The van der Waals surface area contributed by atoms with Gasteiger partial charge in [-0.1, -0.05) is 0 Å². The van der Waals surface area contributed by atoms with E-state index in [-0.39, 0.29) is 24.1 Å². The molecule has 1 aromatic carbocycles. The first-order valence-electron chi connectivity index (χ1n) is 10.5. The van der Waals surface area contributed by atoms with Crippen molar-refractivity contribution >= 4 is 11.9 Å². The van der Waals surface area contributed by atoms with Gasteiger partial charge in [-0.05, 0) is 67.9 Å². The van der Waals surface area contributed by atoms with E-state index in [0.717, 1.165) is 11.8 Å². The molecule has 1 amide bonds. The molecule has 7 nitrogen and oxygen atoms in total. The highest BCUT2D eigenvalue weighted by Gasteiger charge is 2.48. The lowest BCUT2D eigenvalue weighted by Gasteiger charge is -2.54. The van der Waals surface area contributed by atoms with Gasteiger partial charge in [-0.25, -0.2) is 4.79 Å². The van der Waals surface area contributed by atoms with E-state index in [9.17, 15) is 9.59 Å². The molecule has 156 valence electrons. The van der Waals surface area contributed by atoms with Crippen molar-refractivity contribution in [3.8, 4) is 17.2 Å². The normalized spacial score (nSPS) is 31.3. The Morgan fingerprint density at radius 2 is 1.72 bits per heavy atom. The minimum atomic E-state index is -0.583. The van der Waals surface area contributed by atoms with E-state index < -0.39 is 5.97 Å². The van der Waals surface area contributed by atoms with Gasteiger partial charge in [0.1, 0.15) is 13.2 Å². The number of benzene rings is 1. The summed E-state index contributed by atoms with van der Waals surface area (Å²) in [5, 5.41) is 3.16. The molecule has 4 saturated carbocycles. The van der Waals surface area contributed by atoms with Crippen LogP contribution in [0.15, 0.2) is 12.1 Å². The Bertz CT molecular complexity index is 777. The quantitative estimate of drug-likeness (QED) is 0.764. The van der Waals surface area contributed by atoms with Gasteiger partial charge in [0.25, 0.3) is 5.91 Å². The lowest BCUT2D eigenvalue weighted by Crippen LogP contribution is -2.56. The number of carbonyl (C=O) groups is 2. The standard InChI is InChI=1S/C22H27NO6/c1-26-17-9-16(10-18-21(17)28-3-2-27-18)22(25)29-11-19(24)23-20-14-5-12-4-13(7-14)8-15(20)6-12/h9-10,12-15,20H,2-8,11H2,1H3,(H,23,24). The van der Waals surface area contributed by atoms with Crippen LogP contribution in [0.25, 0.3) is 0 Å². The van der Waals surface area contributed by atoms with Crippen LogP contribution in [0, 0.1) is 23.7 Å². The van der Waals surface area contributed by atoms with Gasteiger partial charge in [0, 0.05) is 6.04 Å². The second-order valence-electron chi connectivity index (χ2n) is 8.80. The Morgan fingerprint density at radius 1 is 1.03 bits per heavy atom. The van der Waals surface area contributed by atoms with Crippen LogP contribution >= 0.6 is 0 Å². The zero-order valence-electron chi connectivity index (χ0n) is 16.6. The molecule has 4 aliphatic carbocycles. The molecule has 4 bridgehead atoms. The SMILES string of the molecule is COc1cc(C(=O)OCC(=O)NC2C3CC4CC(C3)CC2C4)cc2c1OCCO2. The van der Waals surface area contributed by atoms with Crippen LogP contribution in [0.3, 0.4) is 0 Å². The van der Waals surface area contributed by atoms with E-state index in [4.69, 9.17) is 18.9 Å². The van der Waals surface area contributed by atoms with Crippen molar-refractivity contribution in [3.05, 3.63) is 17.7 Å². The minimum absolute atomic E-state index is 0.222. The molecule has 6 rings (SSSR count). The molecule has 1 aromatic rings. The fourth-order valence-electron chi connectivity index (χ4n) is 5.99. The second kappa shape index (κ2) is 7.43. The van der Waals surface area contributed by atoms with Gasteiger partial charge in [-0.15, -0.1) is 0 Å². The van der Waals surface area contributed by atoms with E-state index in [1.165, 1.54) is 39.2 Å². The van der Waals surface area contributed by atoms with E-state index >= 15 is 0 Å². The number of hydrogen-bond donors (Lipinski definition) is 1. The number of hydrogen-bond acceptors (Lipinski definition) is 6. The molecule has 5 aliphatic rings. The fraction of sp³-hybridized carbons (Fsp3) is 0.636. The Kier molecular flexibility index (Phi) is 4.76. The molecule has 7 heteroatoms. The molecule has 1 N–H and O–H groups in total. The molecular weight excluding hydrogens is 374 g/mol. The van der Waals surface area contributed by atoms with E-state index in [1.807, 2.05) is 0 Å². The lowest BCUT2D eigenvalue weighted by atomic mass is 9.54. The van der Waals surface area contributed by atoms with Crippen molar-refractivity contribution in [2.24, 2.45) is 23.7 Å². The van der Waals surface area contributed by atoms with Crippen LogP contribution in [-0.2, 0) is 9.53 Å². The highest BCUT2D eigenvalue weighted by atomic mass is 16.6. The highest BCUT2D eigenvalue weighted by Crippen LogP contribution is 2.53. The summed E-state index contributed by atoms with van der Waals surface area (Å²) in [6, 6.07) is 3.35. The third-order valence-corrected chi connectivity index (χ3v) is 6.95. The van der Waals surface area contributed by atoms with Crippen molar-refractivity contribution in [2.75, 3.05) is 26.9 Å². The summed E-state index contributed by atoms with van der Waals surface area (Å²) in [5.41, 5.74) is 0.272. The predicted octanol–water partition coefficient (Wildman–Crippen LogP) is 2.56. The Hall–Kier alpha value is -2.44. The zero-order valence-corrected chi connectivity index (χ0v) is 16.6. The first-order valence-corrected chi connectivity index (χ1v) is 10.5. The summed E-state index contributed by atoms with van der Waals surface area (Å²) in [6.45, 7) is 0.554. The van der Waals surface area contributed by atoms with Crippen LogP contribution in [-0.4, -0.2) is 44.8 Å². The van der Waals surface area contributed by atoms with Crippen LogP contribution in [0.5, 0.6) is 17.2 Å². The molecule has 0 unspecified atom stereocenters. The topological polar surface area (TPSA) is 83.1 Å². The Morgan fingerprint density at radius 3 is 2.41 bits per heavy atom. The maximum atomic E-state index is 12.5. The number of rotatable bonds is 5. The molecule has 4 fully saturated rings. The predicted molar refractivity (Wildman–Crippen MR) is 103 cm³/mol. The van der Waals surface area contributed by atoms with Crippen molar-refractivity contribution in [3.63, 3.8) is 0 Å². The smallest absolute Gasteiger partial charge is 0.338 e. The van der Waals surface area contributed by atoms with Crippen molar-refractivity contribution in [2.45, 2.75) is 38.1 Å². The molecule has 1 aliphatic heterocycles. The van der Waals surface area contributed by atoms with Gasteiger partial charge in [0.05, 0.1) is 12.7 Å². The molecule has 0 spiro atoms. The molecule has 29 heavy (non-hydrogen) atoms. The zero-order chi connectivity index (χ0) is 20.0. The van der Waals surface area contributed by atoms with E-state index in [1.54, 1.807) is 12.1 Å². The van der Waals surface area contributed by atoms with Crippen LogP contribution in [0.4, 0.5) is 0 Å². The van der Waals surface area contributed by atoms with Gasteiger partial charge in [0.2, 0.25) is 5.75 Å². The van der Waals surface area contributed by atoms with Gasteiger partial charge in [-0.3, -0.25) is 4.79 Å². The van der Waals surface area contributed by atoms with Crippen LogP contribution < -0.4 is 19.5 Å². The summed E-state index contributed by atoms with van der Waals surface area (Å²) in [6.07, 6.45) is 6.30. The van der Waals surface area contributed by atoms with E-state index in [0.29, 0.717) is 42.3 Å². The number of ether oxygens (including phenoxy) is 4. The highest BCUT2D eigenvalue weighted by molar-refractivity contribution is 5.93. The monoisotopic (exact) mass is 401 g/mol. The Balaban J connectivity index is 1.19. The largest absolute Gasteiger partial charge is 0.493 e. The maximum Gasteiger partial charge on any atom is 0.338 e. The summed E-state index contributed by atoms with van der Waals surface area (Å²) < 4.78 is 21.7. The summed E-state index contributed by atoms with van der Waals surface area (Å²) in [7, 11) is 1.50. The maximum absolute atomic E-state index is 12.5. The number of amides is 1. The molecule has 1 heterocycles. The fourth-order valence-corrected chi connectivity index (χ4v) is 5.99. The first-order chi connectivity index (χ1) is 14.1. The van der Waals surface area contributed by atoms with Gasteiger partial charge >= 0.3 is 5.97 Å². The average Bonchev–Trinajstić information content (AvgIpc) is 2.73. The average molecular weight is 401 g/mol. The number of methoxy groups -OCH3 is 1. The number of carbonyl (C=O) groups excluding carboxylic acids is 2. The van der Waals surface area contributed by atoms with E-state index in [2.05, 4.69) is 5.32 Å². The first kappa shape index (κ1) is 18.6. The van der Waals surface area contributed by atoms with Crippen LogP contribution in [0.2, 0.25) is 0 Å². The second-order valence-corrected chi connectivity index (χ2v) is 8.80. The molecule has 0 atom stereocenters. The lowest BCUT2D eigenvalue weighted by molar-refractivity contribution is -0.128. The number of fused-ring (bicyclic) bond motifs is 1. The van der Waals surface area contributed by atoms with Gasteiger partial charge < -0.3 is 24.3 Å². The molecule has 0 saturated heterocycles. The number of nitrogens with one attached hydrogen (secondary N) is 1. The third kappa shape index (κ3) is 3.51. The Labute approximate surface area is 170 Å². The summed E-state index contributed by atoms with van der Waals surface area (Å²) >= 11 is 0. The van der Waals surface area contributed by atoms with Crippen LogP contribution in [0.1, 0.15) is 42.5 Å². The summed E-state index contributed by atoms with van der Waals surface area (Å²) in [5.74, 6) is 3.42. The van der Waals surface area contributed by atoms with Gasteiger partial charge in [0.15, 0.2) is 18.1 Å².